The topological polar surface area (TPSA) is 32.7 Å². The van der Waals surface area contributed by atoms with E-state index in [0.29, 0.717) is 6.61 Å². The summed E-state index contributed by atoms with van der Waals surface area (Å²) < 4.78 is 5.66. The molecule has 0 aliphatic heterocycles. The Kier molecular flexibility index (Phi) is 5.78. The second-order valence-corrected chi connectivity index (χ2v) is 5.19. The molecular weight excluding hydrogens is 262 g/mol. The number of aliphatic hydroxyl groups excluding tert-OH is 1. The van der Waals surface area contributed by atoms with Gasteiger partial charge in [0.25, 0.3) is 0 Å². The molecule has 2 aromatic rings. The maximum Gasteiger partial charge on any atom is 0.123 e. The number of para-hydroxylation sites is 1. The molecule has 0 atom stereocenters. The largest absolute Gasteiger partial charge is 0.494 e. The Bertz CT molecular complexity index is 551. The van der Waals surface area contributed by atoms with Crippen molar-refractivity contribution in [1.82, 2.24) is 4.90 Å². The van der Waals surface area contributed by atoms with Crippen molar-refractivity contribution in [2.45, 2.75) is 26.6 Å². The maximum absolute atomic E-state index is 9.06. The Morgan fingerprint density at radius 3 is 2.29 bits per heavy atom. The summed E-state index contributed by atoms with van der Waals surface area (Å²) in [5, 5.41) is 9.06. The van der Waals surface area contributed by atoms with E-state index < -0.39 is 0 Å². The van der Waals surface area contributed by atoms with Gasteiger partial charge in [-0.2, -0.15) is 0 Å². The van der Waals surface area contributed by atoms with Crippen molar-refractivity contribution in [3.8, 4) is 5.75 Å². The van der Waals surface area contributed by atoms with Crippen LogP contribution in [0.25, 0.3) is 0 Å². The highest BCUT2D eigenvalue weighted by atomic mass is 16.5. The summed E-state index contributed by atoms with van der Waals surface area (Å²) in [4.78, 5) is 2.26. The normalized spacial score (nSPS) is 10.9. The fourth-order valence-corrected chi connectivity index (χ4v) is 2.34. The lowest BCUT2D eigenvalue weighted by Gasteiger charge is -2.19. The highest BCUT2D eigenvalue weighted by Gasteiger charge is 2.07. The van der Waals surface area contributed by atoms with Crippen molar-refractivity contribution in [3.63, 3.8) is 0 Å². The minimum atomic E-state index is 0.0951. The second-order valence-electron chi connectivity index (χ2n) is 5.19. The van der Waals surface area contributed by atoms with Crippen molar-refractivity contribution in [2.75, 3.05) is 13.7 Å². The zero-order valence-corrected chi connectivity index (χ0v) is 12.7. The lowest BCUT2D eigenvalue weighted by Crippen LogP contribution is -2.17. The summed E-state index contributed by atoms with van der Waals surface area (Å²) in [6.45, 7) is 4.49. The first-order valence-corrected chi connectivity index (χ1v) is 7.31. The van der Waals surface area contributed by atoms with Crippen LogP contribution in [0.2, 0.25) is 0 Å². The summed E-state index contributed by atoms with van der Waals surface area (Å²) in [6, 6.07) is 16.2. The van der Waals surface area contributed by atoms with Crippen LogP contribution in [0.15, 0.2) is 48.5 Å². The van der Waals surface area contributed by atoms with Gasteiger partial charge in [0.1, 0.15) is 5.75 Å². The summed E-state index contributed by atoms with van der Waals surface area (Å²) in [6.07, 6.45) is 0. The van der Waals surface area contributed by atoms with E-state index in [2.05, 4.69) is 30.1 Å². The van der Waals surface area contributed by atoms with E-state index in [0.717, 1.165) is 24.4 Å². The quantitative estimate of drug-likeness (QED) is 0.848. The molecule has 112 valence electrons. The van der Waals surface area contributed by atoms with Gasteiger partial charge in [0.2, 0.25) is 0 Å². The van der Waals surface area contributed by atoms with E-state index in [1.165, 1.54) is 11.1 Å². The van der Waals surface area contributed by atoms with Gasteiger partial charge in [0.05, 0.1) is 13.2 Å². The van der Waals surface area contributed by atoms with Crippen molar-refractivity contribution in [3.05, 3.63) is 65.2 Å². The summed E-state index contributed by atoms with van der Waals surface area (Å²) in [5.74, 6) is 0.961. The predicted octanol–water partition coefficient (Wildman–Crippen LogP) is 3.21. The first-order valence-electron chi connectivity index (χ1n) is 7.31. The fourth-order valence-electron chi connectivity index (χ4n) is 2.34. The van der Waals surface area contributed by atoms with E-state index in [9.17, 15) is 0 Å². The van der Waals surface area contributed by atoms with Gasteiger partial charge in [0.15, 0.2) is 0 Å². The van der Waals surface area contributed by atoms with E-state index in [4.69, 9.17) is 9.84 Å². The van der Waals surface area contributed by atoms with E-state index in [-0.39, 0.29) is 6.61 Å². The molecule has 0 heterocycles. The Hall–Kier alpha value is -1.84. The van der Waals surface area contributed by atoms with Gasteiger partial charge in [-0.15, -0.1) is 0 Å². The third-order valence-corrected chi connectivity index (χ3v) is 3.37. The van der Waals surface area contributed by atoms with Gasteiger partial charge >= 0.3 is 0 Å². The molecule has 21 heavy (non-hydrogen) atoms. The average molecular weight is 285 g/mol. The first-order chi connectivity index (χ1) is 10.2. The molecule has 0 aromatic heterocycles. The maximum atomic E-state index is 9.06. The zero-order chi connectivity index (χ0) is 15.1. The highest BCUT2D eigenvalue weighted by Crippen LogP contribution is 2.20. The monoisotopic (exact) mass is 285 g/mol. The summed E-state index contributed by atoms with van der Waals surface area (Å²) >= 11 is 0. The third-order valence-electron chi connectivity index (χ3n) is 3.37. The fraction of sp³-hybridized carbons (Fsp3) is 0.333. The molecule has 3 nitrogen and oxygen atoms in total. The van der Waals surface area contributed by atoms with Gasteiger partial charge in [-0.3, -0.25) is 4.90 Å². The number of hydrogen-bond donors (Lipinski definition) is 1. The molecule has 0 unspecified atom stereocenters. The molecular formula is C18H23NO2. The average Bonchev–Trinajstić information content (AvgIpc) is 2.50. The molecule has 1 N–H and O–H groups in total. The number of ether oxygens (including phenoxy) is 1. The van der Waals surface area contributed by atoms with Crippen LogP contribution in [0.4, 0.5) is 0 Å². The van der Waals surface area contributed by atoms with Gasteiger partial charge in [0, 0.05) is 18.7 Å². The molecule has 2 aromatic carbocycles. The minimum Gasteiger partial charge on any atom is -0.494 e. The predicted molar refractivity (Wildman–Crippen MR) is 85.1 cm³/mol. The minimum absolute atomic E-state index is 0.0951. The number of hydrogen-bond acceptors (Lipinski definition) is 3. The van der Waals surface area contributed by atoms with Crippen molar-refractivity contribution in [2.24, 2.45) is 0 Å². The number of benzene rings is 2. The zero-order valence-electron chi connectivity index (χ0n) is 12.7. The summed E-state index contributed by atoms with van der Waals surface area (Å²) in [5.41, 5.74) is 3.39. The molecule has 0 saturated carbocycles. The molecule has 0 saturated heterocycles. The van der Waals surface area contributed by atoms with Gasteiger partial charge < -0.3 is 9.84 Å². The molecule has 0 amide bonds. The molecule has 2 rings (SSSR count). The van der Waals surface area contributed by atoms with Crippen LogP contribution in [0, 0.1) is 0 Å². The standard InChI is InChI=1S/C18H23NO2/c1-3-21-18-7-5-4-6-17(18)13-19(2)12-15-8-10-16(14-20)11-9-15/h4-11,20H,3,12-14H2,1-2H3. The van der Waals surface area contributed by atoms with Crippen molar-refractivity contribution in [1.29, 1.82) is 0 Å². The number of aliphatic hydroxyl groups is 1. The first kappa shape index (κ1) is 15.5. The third kappa shape index (κ3) is 4.59. The number of nitrogens with zero attached hydrogens (tertiary/aromatic N) is 1. The van der Waals surface area contributed by atoms with Gasteiger partial charge in [-0.05, 0) is 31.2 Å². The Labute approximate surface area is 126 Å². The Balaban J connectivity index is 1.99. The Morgan fingerprint density at radius 1 is 0.952 bits per heavy atom. The lowest BCUT2D eigenvalue weighted by molar-refractivity contribution is 0.281. The van der Waals surface area contributed by atoms with Crippen LogP contribution in [0.1, 0.15) is 23.6 Å². The summed E-state index contributed by atoms with van der Waals surface area (Å²) in [7, 11) is 2.10. The van der Waals surface area contributed by atoms with Crippen LogP contribution in [0.5, 0.6) is 5.75 Å². The Morgan fingerprint density at radius 2 is 1.62 bits per heavy atom. The lowest BCUT2D eigenvalue weighted by atomic mass is 10.1. The highest BCUT2D eigenvalue weighted by molar-refractivity contribution is 5.33. The van der Waals surface area contributed by atoms with Crippen molar-refractivity contribution < 1.29 is 9.84 Å². The van der Waals surface area contributed by atoms with Crippen LogP contribution < -0.4 is 4.74 Å². The molecule has 0 bridgehead atoms. The smallest absolute Gasteiger partial charge is 0.123 e. The molecule has 0 radical (unpaired) electrons. The van der Waals surface area contributed by atoms with Crippen LogP contribution in [-0.2, 0) is 19.7 Å². The second kappa shape index (κ2) is 7.81. The number of rotatable bonds is 7. The van der Waals surface area contributed by atoms with E-state index in [1.807, 2.05) is 37.3 Å². The van der Waals surface area contributed by atoms with Gasteiger partial charge in [-0.1, -0.05) is 42.5 Å². The van der Waals surface area contributed by atoms with E-state index >= 15 is 0 Å². The van der Waals surface area contributed by atoms with E-state index in [1.54, 1.807) is 0 Å². The van der Waals surface area contributed by atoms with Crippen LogP contribution >= 0.6 is 0 Å². The molecule has 0 fully saturated rings. The van der Waals surface area contributed by atoms with Crippen LogP contribution in [-0.4, -0.2) is 23.7 Å². The molecule has 0 spiro atoms. The molecule has 0 aliphatic carbocycles. The van der Waals surface area contributed by atoms with Gasteiger partial charge in [-0.25, -0.2) is 0 Å². The molecule has 3 heteroatoms. The SMILES string of the molecule is CCOc1ccccc1CN(C)Cc1ccc(CO)cc1. The van der Waals surface area contributed by atoms with Crippen LogP contribution in [0.3, 0.4) is 0 Å². The van der Waals surface area contributed by atoms with Crippen molar-refractivity contribution >= 4 is 0 Å². The molecule has 0 aliphatic rings.